The standard InChI is InChI=1S/C16H29N5O2.HI/c1-14(12-21-8-3-7-20-21)11-19-16(17-2)18-6-4-9-23-15-5-10-22-13-15;/h3,7-8,14-15H,4-6,9-13H2,1-2H3,(H2,17,18,19);1H. The molecular formula is C16H30IN5O2. The lowest BCUT2D eigenvalue weighted by Gasteiger charge is -2.16. The summed E-state index contributed by atoms with van der Waals surface area (Å²) in [6, 6.07) is 1.94. The van der Waals surface area contributed by atoms with Crippen molar-refractivity contribution in [1.29, 1.82) is 0 Å². The molecule has 2 N–H and O–H groups in total. The van der Waals surface area contributed by atoms with Gasteiger partial charge in [-0.3, -0.25) is 9.67 Å². The number of guanidine groups is 1. The summed E-state index contributed by atoms with van der Waals surface area (Å²) in [7, 11) is 1.79. The van der Waals surface area contributed by atoms with Crippen LogP contribution in [0.25, 0.3) is 0 Å². The first kappa shape index (κ1) is 21.2. The van der Waals surface area contributed by atoms with Crippen molar-refractivity contribution in [3.05, 3.63) is 18.5 Å². The molecule has 0 saturated carbocycles. The highest BCUT2D eigenvalue weighted by molar-refractivity contribution is 14.0. The molecule has 2 atom stereocenters. The molecule has 1 aromatic heterocycles. The van der Waals surface area contributed by atoms with Crippen LogP contribution in [-0.2, 0) is 16.0 Å². The van der Waals surface area contributed by atoms with Crippen molar-refractivity contribution in [2.24, 2.45) is 10.9 Å². The monoisotopic (exact) mass is 451 g/mol. The summed E-state index contributed by atoms with van der Waals surface area (Å²) in [5.41, 5.74) is 0. The molecule has 24 heavy (non-hydrogen) atoms. The lowest BCUT2D eigenvalue weighted by molar-refractivity contribution is 0.0420. The van der Waals surface area contributed by atoms with Crippen LogP contribution in [-0.4, -0.2) is 61.8 Å². The summed E-state index contributed by atoms with van der Waals surface area (Å²) in [4.78, 5) is 4.24. The Hall–Kier alpha value is -0.870. The van der Waals surface area contributed by atoms with Gasteiger partial charge in [-0.25, -0.2) is 0 Å². The van der Waals surface area contributed by atoms with E-state index in [-0.39, 0.29) is 30.1 Å². The van der Waals surface area contributed by atoms with E-state index in [9.17, 15) is 0 Å². The molecule has 0 radical (unpaired) electrons. The van der Waals surface area contributed by atoms with Crippen molar-refractivity contribution in [3.63, 3.8) is 0 Å². The topological polar surface area (TPSA) is 72.7 Å². The lowest BCUT2D eigenvalue weighted by atomic mass is 10.2. The zero-order valence-electron chi connectivity index (χ0n) is 14.6. The van der Waals surface area contributed by atoms with Crippen molar-refractivity contribution >= 4 is 29.9 Å². The second-order valence-electron chi connectivity index (χ2n) is 5.92. The number of hydrogen-bond acceptors (Lipinski definition) is 4. The average molecular weight is 451 g/mol. The van der Waals surface area contributed by atoms with Gasteiger partial charge in [0.2, 0.25) is 0 Å². The molecule has 0 bridgehead atoms. The fourth-order valence-corrected chi connectivity index (χ4v) is 2.46. The molecule has 1 aliphatic rings. The van der Waals surface area contributed by atoms with E-state index in [1.807, 2.05) is 16.9 Å². The first-order valence-corrected chi connectivity index (χ1v) is 8.39. The number of nitrogens with one attached hydrogen (secondary N) is 2. The molecule has 1 fully saturated rings. The fourth-order valence-electron chi connectivity index (χ4n) is 2.46. The van der Waals surface area contributed by atoms with Crippen LogP contribution < -0.4 is 10.6 Å². The van der Waals surface area contributed by atoms with Crippen molar-refractivity contribution in [2.45, 2.75) is 32.4 Å². The minimum absolute atomic E-state index is 0. The second-order valence-corrected chi connectivity index (χ2v) is 5.92. The van der Waals surface area contributed by atoms with Crippen molar-refractivity contribution < 1.29 is 9.47 Å². The average Bonchev–Trinajstić information content (AvgIpc) is 3.23. The maximum atomic E-state index is 5.74. The van der Waals surface area contributed by atoms with Gasteiger partial charge in [-0.05, 0) is 24.8 Å². The predicted molar refractivity (Wildman–Crippen MR) is 106 cm³/mol. The Morgan fingerprint density at radius 1 is 1.50 bits per heavy atom. The van der Waals surface area contributed by atoms with E-state index in [0.717, 1.165) is 58.3 Å². The Morgan fingerprint density at radius 3 is 3.04 bits per heavy atom. The van der Waals surface area contributed by atoms with Gasteiger partial charge in [0.05, 0.1) is 12.7 Å². The lowest BCUT2D eigenvalue weighted by Crippen LogP contribution is -2.40. The highest BCUT2D eigenvalue weighted by atomic mass is 127. The van der Waals surface area contributed by atoms with Gasteiger partial charge in [0, 0.05) is 52.3 Å². The SMILES string of the molecule is CN=C(NCCCOC1CCOC1)NCC(C)Cn1cccn1.I. The summed E-state index contributed by atoms with van der Waals surface area (Å²) < 4.78 is 13.0. The van der Waals surface area contributed by atoms with Gasteiger partial charge in [-0.2, -0.15) is 5.10 Å². The molecule has 0 aliphatic carbocycles. The van der Waals surface area contributed by atoms with E-state index in [4.69, 9.17) is 9.47 Å². The van der Waals surface area contributed by atoms with Crippen molar-refractivity contribution in [3.8, 4) is 0 Å². The van der Waals surface area contributed by atoms with Crippen molar-refractivity contribution in [1.82, 2.24) is 20.4 Å². The maximum Gasteiger partial charge on any atom is 0.190 e. The van der Waals surface area contributed by atoms with Gasteiger partial charge in [0.25, 0.3) is 0 Å². The van der Waals surface area contributed by atoms with E-state index in [2.05, 4.69) is 27.6 Å². The Kier molecular flexibility index (Phi) is 11.0. The van der Waals surface area contributed by atoms with E-state index < -0.39 is 0 Å². The van der Waals surface area contributed by atoms with Gasteiger partial charge < -0.3 is 20.1 Å². The molecule has 1 aliphatic heterocycles. The highest BCUT2D eigenvalue weighted by Gasteiger charge is 2.15. The van der Waals surface area contributed by atoms with Gasteiger partial charge in [0.1, 0.15) is 0 Å². The highest BCUT2D eigenvalue weighted by Crippen LogP contribution is 2.07. The van der Waals surface area contributed by atoms with Crippen LogP contribution in [0.15, 0.2) is 23.5 Å². The quantitative estimate of drug-likeness (QED) is 0.258. The minimum atomic E-state index is 0. The number of halogens is 1. The third-order valence-corrected chi connectivity index (χ3v) is 3.75. The molecule has 2 unspecified atom stereocenters. The molecule has 2 heterocycles. The molecule has 0 spiro atoms. The molecule has 0 aromatic carbocycles. The zero-order chi connectivity index (χ0) is 16.3. The number of aliphatic imine (C=N–C) groups is 1. The van der Waals surface area contributed by atoms with E-state index in [1.54, 1.807) is 13.2 Å². The van der Waals surface area contributed by atoms with Crippen LogP contribution in [0.1, 0.15) is 19.8 Å². The van der Waals surface area contributed by atoms with Gasteiger partial charge in [0.15, 0.2) is 5.96 Å². The van der Waals surface area contributed by atoms with Crippen LogP contribution >= 0.6 is 24.0 Å². The van der Waals surface area contributed by atoms with Gasteiger partial charge >= 0.3 is 0 Å². The summed E-state index contributed by atoms with van der Waals surface area (Å²) in [6.07, 6.45) is 6.06. The van der Waals surface area contributed by atoms with Gasteiger partial charge in [-0.1, -0.05) is 6.92 Å². The van der Waals surface area contributed by atoms with E-state index in [1.165, 1.54) is 0 Å². The van der Waals surface area contributed by atoms with E-state index >= 15 is 0 Å². The normalized spacial score (nSPS) is 18.9. The van der Waals surface area contributed by atoms with E-state index in [0.29, 0.717) is 5.92 Å². The summed E-state index contributed by atoms with van der Waals surface area (Å²) in [5, 5.41) is 10.9. The number of aromatic nitrogens is 2. The molecule has 1 aromatic rings. The Balaban J connectivity index is 0.00000288. The van der Waals surface area contributed by atoms with Crippen molar-refractivity contribution in [2.75, 3.05) is 40.0 Å². The smallest absolute Gasteiger partial charge is 0.190 e. The third kappa shape index (κ3) is 8.29. The largest absolute Gasteiger partial charge is 0.379 e. The zero-order valence-corrected chi connectivity index (χ0v) is 16.9. The first-order valence-electron chi connectivity index (χ1n) is 8.39. The van der Waals surface area contributed by atoms with Crippen LogP contribution in [0.3, 0.4) is 0 Å². The summed E-state index contributed by atoms with van der Waals surface area (Å²) in [5.74, 6) is 1.31. The number of rotatable bonds is 9. The third-order valence-electron chi connectivity index (χ3n) is 3.75. The molecule has 0 amide bonds. The molecule has 8 heteroatoms. The molecule has 1 saturated heterocycles. The predicted octanol–water partition coefficient (Wildman–Crippen LogP) is 1.50. The molecule has 7 nitrogen and oxygen atoms in total. The molecular weight excluding hydrogens is 421 g/mol. The van der Waals surface area contributed by atoms with Gasteiger partial charge in [-0.15, -0.1) is 24.0 Å². The summed E-state index contributed by atoms with van der Waals surface area (Å²) >= 11 is 0. The van der Waals surface area contributed by atoms with Crippen LogP contribution in [0, 0.1) is 5.92 Å². The Morgan fingerprint density at radius 2 is 2.38 bits per heavy atom. The maximum absolute atomic E-state index is 5.74. The Bertz CT molecular complexity index is 449. The van der Waals surface area contributed by atoms with Crippen LogP contribution in [0.2, 0.25) is 0 Å². The second kappa shape index (κ2) is 12.5. The fraction of sp³-hybridized carbons (Fsp3) is 0.750. The number of hydrogen-bond donors (Lipinski definition) is 2. The number of nitrogens with zero attached hydrogens (tertiary/aromatic N) is 3. The summed E-state index contributed by atoms with van der Waals surface area (Å²) in [6.45, 7) is 7.12. The van der Waals surface area contributed by atoms with Crippen LogP contribution in [0.5, 0.6) is 0 Å². The number of ether oxygens (including phenoxy) is 2. The van der Waals surface area contributed by atoms with Crippen LogP contribution in [0.4, 0.5) is 0 Å². The first-order chi connectivity index (χ1) is 11.3. The molecule has 2 rings (SSSR count). The molecule has 138 valence electrons. The Labute approximate surface area is 161 Å². The minimum Gasteiger partial charge on any atom is -0.379 e.